The third kappa shape index (κ3) is 4.02. The van der Waals surface area contributed by atoms with E-state index >= 15 is 0 Å². The first-order chi connectivity index (χ1) is 10.1. The molecule has 112 valence electrons. The lowest BCUT2D eigenvalue weighted by molar-refractivity contribution is 0.623. The summed E-state index contributed by atoms with van der Waals surface area (Å²) in [5.74, 6) is -0.200. The molecular weight excluding hydrogens is 265 g/mol. The Balaban J connectivity index is 2.28. The number of rotatable bonds is 6. The summed E-state index contributed by atoms with van der Waals surface area (Å²) in [5.41, 5.74) is 4.05. The van der Waals surface area contributed by atoms with E-state index in [1.807, 2.05) is 38.2 Å². The predicted octanol–water partition coefficient (Wildman–Crippen LogP) is 3.28. The average molecular weight is 287 g/mol. The zero-order chi connectivity index (χ0) is 15.2. The molecule has 1 N–H and O–H groups in total. The molecule has 0 unspecified atom stereocenters. The zero-order valence-electron chi connectivity index (χ0n) is 12.9. The van der Waals surface area contributed by atoms with Gasteiger partial charge in [-0.25, -0.2) is 4.39 Å². The molecule has 0 radical (unpaired) electrons. The molecule has 3 nitrogen and oxygen atoms in total. The summed E-state index contributed by atoms with van der Waals surface area (Å²) in [7, 11) is 1.87. The molecule has 4 heteroatoms. The fourth-order valence-corrected chi connectivity index (χ4v) is 2.45. The number of nitrogens with zero attached hydrogens (tertiary/aromatic N) is 2. The van der Waals surface area contributed by atoms with Crippen LogP contribution in [0.4, 0.5) is 10.1 Å². The van der Waals surface area contributed by atoms with Crippen molar-refractivity contribution in [2.24, 2.45) is 0 Å². The van der Waals surface area contributed by atoms with E-state index in [2.05, 4.69) is 22.1 Å². The van der Waals surface area contributed by atoms with Crippen LogP contribution in [0.15, 0.2) is 36.4 Å². The van der Waals surface area contributed by atoms with Gasteiger partial charge in [0.1, 0.15) is 5.82 Å². The quantitative estimate of drug-likeness (QED) is 0.884. The van der Waals surface area contributed by atoms with Gasteiger partial charge in [0.2, 0.25) is 0 Å². The van der Waals surface area contributed by atoms with Crippen molar-refractivity contribution in [3.63, 3.8) is 0 Å². The fraction of sp³-hybridized carbons (Fsp3) is 0.353. The lowest BCUT2D eigenvalue weighted by Crippen LogP contribution is -2.25. The van der Waals surface area contributed by atoms with E-state index in [9.17, 15) is 4.39 Å². The molecule has 1 aromatic carbocycles. The van der Waals surface area contributed by atoms with Gasteiger partial charge in [0.05, 0.1) is 12.2 Å². The second-order valence-corrected chi connectivity index (χ2v) is 5.09. The van der Waals surface area contributed by atoms with Gasteiger partial charge in [-0.3, -0.25) is 4.98 Å². The van der Waals surface area contributed by atoms with Crippen LogP contribution in [0.2, 0.25) is 0 Å². The van der Waals surface area contributed by atoms with Crippen molar-refractivity contribution in [3.05, 3.63) is 59.2 Å². The van der Waals surface area contributed by atoms with Gasteiger partial charge in [0.15, 0.2) is 0 Å². The first kappa shape index (κ1) is 15.4. The smallest absolute Gasteiger partial charge is 0.123 e. The number of nitrogens with one attached hydrogen (secondary N) is 1. The van der Waals surface area contributed by atoms with Gasteiger partial charge < -0.3 is 10.2 Å². The predicted molar refractivity (Wildman–Crippen MR) is 84.9 cm³/mol. The van der Waals surface area contributed by atoms with E-state index in [4.69, 9.17) is 0 Å². The van der Waals surface area contributed by atoms with Crippen molar-refractivity contribution in [1.29, 1.82) is 0 Å². The Morgan fingerprint density at radius 1 is 1.24 bits per heavy atom. The summed E-state index contributed by atoms with van der Waals surface area (Å²) in [4.78, 5) is 6.76. The average Bonchev–Trinajstić information content (AvgIpc) is 2.46. The van der Waals surface area contributed by atoms with Crippen molar-refractivity contribution >= 4 is 5.69 Å². The Hall–Kier alpha value is -1.94. The SMILES string of the molecule is CCN(Cc1cccc(C)n1)c1ccc(F)cc1CNC. The number of aromatic nitrogens is 1. The van der Waals surface area contributed by atoms with Crippen LogP contribution in [-0.2, 0) is 13.1 Å². The largest absolute Gasteiger partial charge is 0.366 e. The number of hydrogen-bond donors (Lipinski definition) is 1. The van der Waals surface area contributed by atoms with Crippen LogP contribution in [-0.4, -0.2) is 18.6 Å². The Morgan fingerprint density at radius 2 is 2.05 bits per heavy atom. The minimum absolute atomic E-state index is 0.200. The summed E-state index contributed by atoms with van der Waals surface area (Å²) in [5, 5.41) is 3.09. The van der Waals surface area contributed by atoms with Crippen molar-refractivity contribution in [2.75, 3.05) is 18.5 Å². The first-order valence-electron chi connectivity index (χ1n) is 7.24. The van der Waals surface area contributed by atoms with Crippen molar-refractivity contribution < 1.29 is 4.39 Å². The van der Waals surface area contributed by atoms with Crippen molar-refractivity contribution in [2.45, 2.75) is 26.9 Å². The normalized spacial score (nSPS) is 10.7. The zero-order valence-corrected chi connectivity index (χ0v) is 12.9. The van der Waals surface area contributed by atoms with Gasteiger partial charge in [0.25, 0.3) is 0 Å². The molecule has 0 amide bonds. The molecular formula is C17H22FN3. The minimum atomic E-state index is -0.200. The molecule has 1 heterocycles. The van der Waals surface area contributed by atoms with Crippen LogP contribution in [0.5, 0.6) is 0 Å². The highest BCUT2D eigenvalue weighted by Crippen LogP contribution is 2.23. The van der Waals surface area contributed by atoms with Crippen LogP contribution in [0.3, 0.4) is 0 Å². The number of anilines is 1. The highest BCUT2D eigenvalue weighted by molar-refractivity contribution is 5.54. The Morgan fingerprint density at radius 3 is 2.71 bits per heavy atom. The maximum Gasteiger partial charge on any atom is 0.123 e. The Bertz CT molecular complexity index is 598. The van der Waals surface area contributed by atoms with Crippen LogP contribution < -0.4 is 10.2 Å². The third-order valence-electron chi connectivity index (χ3n) is 3.43. The molecule has 2 aromatic rings. The summed E-state index contributed by atoms with van der Waals surface area (Å²) in [6.45, 7) is 6.30. The molecule has 0 atom stereocenters. The summed E-state index contributed by atoms with van der Waals surface area (Å²) < 4.78 is 13.5. The van der Waals surface area contributed by atoms with Gasteiger partial charge in [-0.2, -0.15) is 0 Å². The maximum atomic E-state index is 13.5. The summed E-state index contributed by atoms with van der Waals surface area (Å²) >= 11 is 0. The lowest BCUT2D eigenvalue weighted by atomic mass is 10.1. The van der Waals surface area contributed by atoms with E-state index in [1.54, 1.807) is 6.07 Å². The fourth-order valence-electron chi connectivity index (χ4n) is 2.45. The van der Waals surface area contributed by atoms with Gasteiger partial charge in [-0.05, 0) is 56.8 Å². The molecule has 2 rings (SSSR count). The van der Waals surface area contributed by atoms with Crippen molar-refractivity contribution in [3.8, 4) is 0 Å². The van der Waals surface area contributed by atoms with Gasteiger partial charge >= 0.3 is 0 Å². The van der Waals surface area contributed by atoms with Gasteiger partial charge in [-0.1, -0.05) is 6.07 Å². The number of aryl methyl sites for hydroxylation is 1. The van der Waals surface area contributed by atoms with Crippen LogP contribution in [0, 0.1) is 12.7 Å². The molecule has 0 aliphatic heterocycles. The molecule has 21 heavy (non-hydrogen) atoms. The molecule has 0 bridgehead atoms. The van der Waals surface area contributed by atoms with Crippen molar-refractivity contribution in [1.82, 2.24) is 10.3 Å². The Labute approximate surface area is 125 Å². The van der Waals surface area contributed by atoms with E-state index in [1.165, 1.54) is 6.07 Å². The van der Waals surface area contributed by atoms with E-state index < -0.39 is 0 Å². The lowest BCUT2D eigenvalue weighted by Gasteiger charge is -2.25. The molecule has 0 fully saturated rings. The highest BCUT2D eigenvalue weighted by Gasteiger charge is 2.11. The van der Waals surface area contributed by atoms with Gasteiger partial charge in [-0.15, -0.1) is 0 Å². The second kappa shape index (κ2) is 7.18. The minimum Gasteiger partial charge on any atom is -0.366 e. The topological polar surface area (TPSA) is 28.2 Å². The van der Waals surface area contributed by atoms with Crippen LogP contribution >= 0.6 is 0 Å². The summed E-state index contributed by atoms with van der Waals surface area (Å²) in [6, 6.07) is 11.0. The third-order valence-corrected chi connectivity index (χ3v) is 3.43. The first-order valence-corrected chi connectivity index (χ1v) is 7.24. The standard InChI is InChI=1S/C17H22FN3/c1-4-21(12-16-7-5-6-13(2)20-16)17-9-8-15(18)10-14(17)11-19-3/h5-10,19H,4,11-12H2,1-3H3. The Kier molecular flexibility index (Phi) is 5.28. The molecule has 0 saturated carbocycles. The molecule has 0 saturated heterocycles. The number of pyridine rings is 1. The highest BCUT2D eigenvalue weighted by atomic mass is 19.1. The van der Waals surface area contributed by atoms with Gasteiger partial charge in [0, 0.05) is 24.5 Å². The van der Waals surface area contributed by atoms with Crippen LogP contribution in [0.25, 0.3) is 0 Å². The van der Waals surface area contributed by atoms with E-state index in [0.717, 1.165) is 35.7 Å². The number of benzene rings is 1. The van der Waals surface area contributed by atoms with E-state index in [-0.39, 0.29) is 5.82 Å². The summed E-state index contributed by atoms with van der Waals surface area (Å²) in [6.07, 6.45) is 0. The monoisotopic (exact) mass is 287 g/mol. The van der Waals surface area contributed by atoms with E-state index in [0.29, 0.717) is 6.54 Å². The maximum absolute atomic E-state index is 13.5. The molecule has 0 spiro atoms. The number of halogens is 1. The second-order valence-electron chi connectivity index (χ2n) is 5.09. The molecule has 0 aliphatic carbocycles. The number of hydrogen-bond acceptors (Lipinski definition) is 3. The molecule has 1 aromatic heterocycles. The van der Waals surface area contributed by atoms with Crippen LogP contribution in [0.1, 0.15) is 23.9 Å². The molecule has 0 aliphatic rings.